The summed E-state index contributed by atoms with van der Waals surface area (Å²) in [5.41, 5.74) is 5.67. The summed E-state index contributed by atoms with van der Waals surface area (Å²) in [5, 5.41) is 10.6. The summed E-state index contributed by atoms with van der Waals surface area (Å²) in [6, 6.07) is 12.5. The van der Waals surface area contributed by atoms with E-state index in [1.165, 1.54) is 11.1 Å². The highest BCUT2D eigenvalue weighted by atomic mass is 16.5. The van der Waals surface area contributed by atoms with E-state index in [1.807, 2.05) is 19.9 Å². The van der Waals surface area contributed by atoms with Crippen LogP contribution in [0.4, 0.5) is 0 Å². The summed E-state index contributed by atoms with van der Waals surface area (Å²) in [6.45, 7) is 6.16. The fourth-order valence-corrected chi connectivity index (χ4v) is 2.85. The van der Waals surface area contributed by atoms with E-state index < -0.39 is 6.10 Å². The first-order valence-corrected chi connectivity index (χ1v) is 7.40. The van der Waals surface area contributed by atoms with Crippen LogP contribution >= 0.6 is 0 Å². The van der Waals surface area contributed by atoms with Gasteiger partial charge in [-0.05, 0) is 56.4 Å². The van der Waals surface area contributed by atoms with E-state index >= 15 is 0 Å². The highest BCUT2D eigenvalue weighted by Gasteiger charge is 2.16. The summed E-state index contributed by atoms with van der Waals surface area (Å²) in [6.07, 6.45) is 1.06. The zero-order chi connectivity index (χ0) is 15.4. The van der Waals surface area contributed by atoms with E-state index in [2.05, 4.69) is 37.3 Å². The predicted octanol–water partition coefficient (Wildman–Crippen LogP) is 4.29. The Morgan fingerprint density at radius 3 is 2.48 bits per heavy atom. The third-order valence-corrected chi connectivity index (χ3v) is 3.84. The van der Waals surface area contributed by atoms with Gasteiger partial charge >= 0.3 is 0 Å². The van der Waals surface area contributed by atoms with E-state index in [4.69, 9.17) is 4.74 Å². The predicted molar refractivity (Wildman–Crippen MR) is 86.9 cm³/mol. The molecule has 112 valence electrons. The lowest BCUT2D eigenvalue weighted by Gasteiger charge is -2.18. The van der Waals surface area contributed by atoms with Crippen molar-refractivity contribution in [2.75, 3.05) is 7.11 Å². The first-order valence-electron chi connectivity index (χ1n) is 7.40. The molecule has 1 N–H and O–H groups in total. The molecule has 1 unspecified atom stereocenters. The van der Waals surface area contributed by atoms with Crippen LogP contribution in [-0.2, 0) is 6.42 Å². The first kappa shape index (κ1) is 15.6. The van der Waals surface area contributed by atoms with E-state index in [-0.39, 0.29) is 0 Å². The number of rotatable bonds is 5. The molecule has 0 aromatic heterocycles. The number of ether oxygens (including phenoxy) is 1. The molecule has 2 heteroatoms. The Bertz CT molecular complexity index is 617. The van der Waals surface area contributed by atoms with Gasteiger partial charge in [0.05, 0.1) is 13.2 Å². The molecule has 0 heterocycles. The van der Waals surface area contributed by atoms with Gasteiger partial charge in [0, 0.05) is 5.56 Å². The highest BCUT2D eigenvalue weighted by molar-refractivity contribution is 5.44. The molecule has 0 bridgehead atoms. The SMILES string of the molecule is COc1cc(C)cc(C)c1C(O)CCc1cccc(C)c1. The maximum Gasteiger partial charge on any atom is 0.125 e. The van der Waals surface area contributed by atoms with Crippen LogP contribution in [0.25, 0.3) is 0 Å². The summed E-state index contributed by atoms with van der Waals surface area (Å²) in [4.78, 5) is 0. The molecule has 2 aromatic carbocycles. The second-order valence-corrected chi connectivity index (χ2v) is 5.74. The van der Waals surface area contributed by atoms with Crippen molar-refractivity contribution in [1.82, 2.24) is 0 Å². The van der Waals surface area contributed by atoms with Crippen LogP contribution < -0.4 is 4.74 Å². The summed E-state index contributed by atoms with van der Waals surface area (Å²) in [7, 11) is 1.66. The molecule has 0 saturated carbocycles. The molecule has 0 amide bonds. The average molecular weight is 284 g/mol. The van der Waals surface area contributed by atoms with Crippen LogP contribution in [0.15, 0.2) is 36.4 Å². The van der Waals surface area contributed by atoms with Crippen LogP contribution in [0.2, 0.25) is 0 Å². The van der Waals surface area contributed by atoms with Gasteiger partial charge in [0.25, 0.3) is 0 Å². The number of hydrogen-bond donors (Lipinski definition) is 1. The average Bonchev–Trinajstić information content (AvgIpc) is 2.44. The number of aryl methyl sites for hydroxylation is 4. The molecule has 0 aliphatic heterocycles. The smallest absolute Gasteiger partial charge is 0.125 e. The summed E-state index contributed by atoms with van der Waals surface area (Å²) in [5.74, 6) is 0.782. The van der Waals surface area contributed by atoms with Gasteiger partial charge in [0.2, 0.25) is 0 Å². The largest absolute Gasteiger partial charge is 0.496 e. The Hall–Kier alpha value is -1.80. The Morgan fingerprint density at radius 2 is 1.81 bits per heavy atom. The number of benzene rings is 2. The lowest BCUT2D eigenvalue weighted by Crippen LogP contribution is -2.05. The number of methoxy groups -OCH3 is 1. The number of aliphatic hydroxyl groups excluding tert-OH is 1. The van der Waals surface area contributed by atoms with E-state index in [0.29, 0.717) is 6.42 Å². The van der Waals surface area contributed by atoms with Crippen molar-refractivity contribution in [3.63, 3.8) is 0 Å². The Morgan fingerprint density at radius 1 is 1.05 bits per heavy atom. The molecule has 2 rings (SSSR count). The summed E-state index contributed by atoms with van der Waals surface area (Å²) < 4.78 is 5.44. The van der Waals surface area contributed by atoms with Crippen molar-refractivity contribution in [1.29, 1.82) is 0 Å². The van der Waals surface area contributed by atoms with Gasteiger partial charge in [-0.1, -0.05) is 35.9 Å². The molecular formula is C19H24O2. The molecule has 0 fully saturated rings. The second kappa shape index (κ2) is 6.77. The van der Waals surface area contributed by atoms with Crippen molar-refractivity contribution >= 4 is 0 Å². The fourth-order valence-electron chi connectivity index (χ4n) is 2.85. The van der Waals surface area contributed by atoms with Crippen LogP contribution in [-0.4, -0.2) is 12.2 Å². The second-order valence-electron chi connectivity index (χ2n) is 5.74. The van der Waals surface area contributed by atoms with Crippen LogP contribution in [0, 0.1) is 20.8 Å². The molecule has 1 atom stereocenters. The van der Waals surface area contributed by atoms with Crippen molar-refractivity contribution in [2.45, 2.75) is 39.7 Å². The lowest BCUT2D eigenvalue weighted by atomic mass is 9.95. The number of hydrogen-bond acceptors (Lipinski definition) is 2. The van der Waals surface area contributed by atoms with Gasteiger partial charge < -0.3 is 9.84 Å². The molecule has 2 nitrogen and oxygen atoms in total. The zero-order valence-corrected chi connectivity index (χ0v) is 13.3. The van der Waals surface area contributed by atoms with Gasteiger partial charge in [0.1, 0.15) is 5.75 Å². The molecule has 0 aliphatic carbocycles. The van der Waals surface area contributed by atoms with Gasteiger partial charge in [-0.2, -0.15) is 0 Å². The minimum absolute atomic E-state index is 0.499. The molecule has 21 heavy (non-hydrogen) atoms. The minimum atomic E-state index is -0.499. The number of aliphatic hydroxyl groups is 1. The molecule has 0 saturated heterocycles. The maximum absolute atomic E-state index is 10.6. The molecular weight excluding hydrogens is 260 g/mol. The van der Waals surface area contributed by atoms with Gasteiger partial charge in [0.15, 0.2) is 0 Å². The van der Waals surface area contributed by atoms with Crippen LogP contribution in [0.1, 0.15) is 40.3 Å². The van der Waals surface area contributed by atoms with Gasteiger partial charge in [-0.3, -0.25) is 0 Å². The Kier molecular flexibility index (Phi) is 5.03. The quantitative estimate of drug-likeness (QED) is 0.887. The lowest BCUT2D eigenvalue weighted by molar-refractivity contribution is 0.163. The monoisotopic (exact) mass is 284 g/mol. The zero-order valence-electron chi connectivity index (χ0n) is 13.3. The Labute approximate surface area is 127 Å². The molecule has 0 spiro atoms. The minimum Gasteiger partial charge on any atom is -0.496 e. The summed E-state index contributed by atoms with van der Waals surface area (Å²) >= 11 is 0. The topological polar surface area (TPSA) is 29.5 Å². The Balaban J connectivity index is 2.15. The van der Waals surface area contributed by atoms with E-state index in [0.717, 1.165) is 28.9 Å². The van der Waals surface area contributed by atoms with Gasteiger partial charge in [-0.15, -0.1) is 0 Å². The normalized spacial score (nSPS) is 12.2. The maximum atomic E-state index is 10.6. The van der Waals surface area contributed by atoms with Crippen LogP contribution in [0.5, 0.6) is 5.75 Å². The molecule has 0 radical (unpaired) electrons. The molecule has 0 aliphatic rings. The van der Waals surface area contributed by atoms with Crippen molar-refractivity contribution in [2.24, 2.45) is 0 Å². The van der Waals surface area contributed by atoms with E-state index in [9.17, 15) is 5.11 Å². The van der Waals surface area contributed by atoms with Crippen LogP contribution in [0.3, 0.4) is 0 Å². The highest BCUT2D eigenvalue weighted by Crippen LogP contribution is 2.32. The third-order valence-electron chi connectivity index (χ3n) is 3.84. The first-order chi connectivity index (χ1) is 10.0. The van der Waals surface area contributed by atoms with E-state index in [1.54, 1.807) is 7.11 Å². The van der Waals surface area contributed by atoms with Gasteiger partial charge in [-0.25, -0.2) is 0 Å². The van der Waals surface area contributed by atoms with Crippen molar-refractivity contribution in [3.8, 4) is 5.75 Å². The molecule has 2 aromatic rings. The fraction of sp³-hybridized carbons (Fsp3) is 0.368. The standard InChI is InChI=1S/C19H24O2/c1-13-6-5-7-16(11-13)8-9-17(20)19-15(3)10-14(2)12-18(19)21-4/h5-7,10-12,17,20H,8-9H2,1-4H3. The third kappa shape index (κ3) is 3.85. The van der Waals surface area contributed by atoms with Crippen molar-refractivity contribution < 1.29 is 9.84 Å². The van der Waals surface area contributed by atoms with Crippen molar-refractivity contribution in [3.05, 3.63) is 64.2 Å².